The molecule has 0 spiro atoms. The van der Waals surface area contributed by atoms with Gasteiger partial charge in [0, 0.05) is 41.1 Å². The highest BCUT2D eigenvalue weighted by Gasteiger charge is 2.29. The number of amides is 1. The molecule has 1 aromatic carbocycles. The Morgan fingerprint density at radius 1 is 1.14 bits per heavy atom. The second kappa shape index (κ2) is 10.5. The third-order valence-electron chi connectivity index (χ3n) is 5.79. The minimum atomic E-state index is -0.608. The molecule has 1 saturated carbocycles. The fourth-order valence-corrected chi connectivity index (χ4v) is 4.41. The molecule has 0 radical (unpaired) electrons. The van der Waals surface area contributed by atoms with Crippen molar-refractivity contribution in [2.45, 2.75) is 48.8 Å². The molecule has 1 saturated heterocycles. The van der Waals surface area contributed by atoms with Gasteiger partial charge in [-0.15, -0.1) is 0 Å². The Bertz CT molecular complexity index is 1250. The lowest BCUT2D eigenvalue weighted by Gasteiger charge is -2.22. The Morgan fingerprint density at radius 3 is 2.56 bits per heavy atom. The fourth-order valence-electron chi connectivity index (χ4n) is 3.65. The number of nitrogens with zero attached hydrogens (tertiary/aromatic N) is 3. The van der Waals surface area contributed by atoms with E-state index >= 15 is 0 Å². The lowest BCUT2D eigenvalue weighted by molar-refractivity contribution is -0.117. The van der Waals surface area contributed by atoms with Gasteiger partial charge < -0.3 is 25.8 Å². The van der Waals surface area contributed by atoms with Crippen molar-refractivity contribution in [3.05, 3.63) is 41.7 Å². The maximum Gasteiger partial charge on any atom is 0.359 e. The van der Waals surface area contributed by atoms with E-state index in [9.17, 15) is 9.59 Å². The van der Waals surface area contributed by atoms with E-state index in [0.717, 1.165) is 29.1 Å². The molecule has 1 aliphatic carbocycles. The van der Waals surface area contributed by atoms with Crippen molar-refractivity contribution in [3.8, 4) is 0 Å². The van der Waals surface area contributed by atoms with Gasteiger partial charge in [-0.3, -0.25) is 9.89 Å². The quantitative estimate of drug-likeness (QED) is 0.261. The average molecular weight is 510 g/mol. The molecule has 11 nitrogen and oxygen atoms in total. The molecule has 3 heterocycles. The number of anilines is 4. The maximum atomic E-state index is 13.0. The predicted octanol–water partition coefficient (Wildman–Crippen LogP) is 3.67. The minimum absolute atomic E-state index is 0.0120. The van der Waals surface area contributed by atoms with E-state index in [1.165, 1.54) is 11.8 Å². The van der Waals surface area contributed by atoms with E-state index in [-0.39, 0.29) is 35.1 Å². The summed E-state index contributed by atoms with van der Waals surface area (Å²) in [4.78, 5) is 34.8. The maximum absolute atomic E-state index is 13.0. The van der Waals surface area contributed by atoms with E-state index in [0.29, 0.717) is 37.0 Å². The highest BCUT2D eigenvalue weighted by Crippen LogP contribution is 2.33. The number of aryl methyl sites for hydroxylation is 1. The van der Waals surface area contributed by atoms with E-state index in [1.807, 2.05) is 31.2 Å². The molecule has 0 unspecified atom stereocenters. The van der Waals surface area contributed by atoms with E-state index in [1.54, 1.807) is 6.07 Å². The third kappa shape index (κ3) is 5.94. The van der Waals surface area contributed by atoms with Gasteiger partial charge in [0.25, 0.3) is 0 Å². The Morgan fingerprint density at radius 2 is 1.89 bits per heavy atom. The number of esters is 1. The van der Waals surface area contributed by atoms with Crippen molar-refractivity contribution in [1.82, 2.24) is 20.2 Å². The van der Waals surface area contributed by atoms with Crippen LogP contribution in [0.3, 0.4) is 0 Å². The molecule has 0 bridgehead atoms. The molecule has 1 amide bonds. The first-order valence-electron chi connectivity index (χ1n) is 11.8. The molecule has 3 aromatic rings. The number of nitrogens with two attached hydrogens (primary N) is 1. The molecule has 5 rings (SSSR count). The summed E-state index contributed by atoms with van der Waals surface area (Å²) in [5.41, 5.74) is 7.95. The number of hydrogen-bond donors (Lipinski definition) is 4. The Balaban J connectivity index is 1.37. The molecular formula is C24H27N7O4S. The summed E-state index contributed by atoms with van der Waals surface area (Å²) in [6.07, 6.45) is 2.89. The monoisotopic (exact) mass is 509 g/mol. The van der Waals surface area contributed by atoms with E-state index in [4.69, 9.17) is 15.2 Å². The number of H-pyrrole nitrogens is 1. The van der Waals surface area contributed by atoms with Gasteiger partial charge in [-0.05, 0) is 55.8 Å². The van der Waals surface area contributed by atoms with Crippen LogP contribution in [0.1, 0.15) is 41.9 Å². The largest absolute Gasteiger partial charge is 0.457 e. The summed E-state index contributed by atoms with van der Waals surface area (Å²) >= 11 is 1.26. The van der Waals surface area contributed by atoms with Crippen molar-refractivity contribution in [3.63, 3.8) is 0 Å². The van der Waals surface area contributed by atoms with Gasteiger partial charge >= 0.3 is 5.97 Å². The van der Waals surface area contributed by atoms with Crippen LogP contribution in [0.5, 0.6) is 0 Å². The van der Waals surface area contributed by atoms with Gasteiger partial charge in [-0.1, -0.05) is 0 Å². The number of benzene rings is 1. The summed E-state index contributed by atoms with van der Waals surface area (Å²) in [5, 5.41) is 13.3. The van der Waals surface area contributed by atoms with Crippen molar-refractivity contribution >= 4 is 46.6 Å². The van der Waals surface area contributed by atoms with Crippen molar-refractivity contribution in [1.29, 1.82) is 0 Å². The minimum Gasteiger partial charge on any atom is -0.457 e. The van der Waals surface area contributed by atoms with Crippen LogP contribution in [0, 0.1) is 12.8 Å². The standard InChI is InChI=1S/C24H27N7O4S/c1-13-12-18(31-30-13)27-21-19(25)20(23(33)35-16-8-10-34-11-9-16)28-24(29-21)36-17-6-4-15(5-7-17)26-22(32)14-2-3-14/h4-7,12,14,16H,2-3,8-11,25H2,1H3,(H,26,32)(H2,27,28,29,30,31). The molecule has 12 heteroatoms. The molecule has 188 valence electrons. The topological polar surface area (TPSA) is 157 Å². The summed E-state index contributed by atoms with van der Waals surface area (Å²) in [6, 6.07) is 9.16. The molecule has 1 aliphatic heterocycles. The zero-order valence-electron chi connectivity index (χ0n) is 19.7. The Hall–Kier alpha value is -3.64. The first kappa shape index (κ1) is 24.1. The Labute approximate surface area is 211 Å². The van der Waals surface area contributed by atoms with Gasteiger partial charge in [-0.2, -0.15) is 5.10 Å². The SMILES string of the molecule is Cc1cc(Nc2nc(Sc3ccc(NC(=O)C4CC4)cc3)nc(C(=O)OC3CCOCC3)c2N)n[nH]1. The van der Waals surface area contributed by atoms with Crippen molar-refractivity contribution in [2.75, 3.05) is 29.6 Å². The summed E-state index contributed by atoms with van der Waals surface area (Å²) in [7, 11) is 0. The second-order valence-electron chi connectivity index (χ2n) is 8.79. The van der Waals surface area contributed by atoms with E-state index < -0.39 is 5.97 Å². The predicted molar refractivity (Wildman–Crippen MR) is 134 cm³/mol. The zero-order chi connectivity index (χ0) is 25.1. The highest BCUT2D eigenvalue weighted by atomic mass is 32.2. The summed E-state index contributed by atoms with van der Waals surface area (Å²) < 4.78 is 11.0. The van der Waals surface area contributed by atoms with E-state index in [2.05, 4.69) is 30.8 Å². The highest BCUT2D eigenvalue weighted by molar-refractivity contribution is 7.99. The van der Waals surface area contributed by atoms with Crippen LogP contribution in [0.15, 0.2) is 40.4 Å². The van der Waals surface area contributed by atoms with Crippen molar-refractivity contribution < 1.29 is 19.1 Å². The number of rotatable bonds is 8. The molecule has 36 heavy (non-hydrogen) atoms. The molecular weight excluding hydrogens is 482 g/mol. The number of aromatic nitrogens is 4. The number of carbonyl (C=O) groups is 2. The number of nitrogens with one attached hydrogen (secondary N) is 3. The van der Waals surface area contributed by atoms with Crippen LogP contribution in [0.25, 0.3) is 0 Å². The first-order valence-corrected chi connectivity index (χ1v) is 12.6. The van der Waals surface area contributed by atoms with Crippen LogP contribution < -0.4 is 16.4 Å². The molecule has 0 atom stereocenters. The van der Waals surface area contributed by atoms with Crippen LogP contribution in [0.4, 0.5) is 23.0 Å². The summed E-state index contributed by atoms with van der Waals surface area (Å²) in [5.74, 6) is 0.336. The van der Waals surface area contributed by atoms with Gasteiger partial charge in [-0.25, -0.2) is 14.8 Å². The summed E-state index contributed by atoms with van der Waals surface area (Å²) in [6.45, 7) is 2.96. The number of hydrogen-bond acceptors (Lipinski definition) is 10. The van der Waals surface area contributed by atoms with Gasteiger partial charge in [0.2, 0.25) is 5.91 Å². The van der Waals surface area contributed by atoms with Crippen LogP contribution in [-0.2, 0) is 14.3 Å². The molecule has 2 fully saturated rings. The lowest BCUT2D eigenvalue weighted by atomic mass is 10.1. The third-order valence-corrected chi connectivity index (χ3v) is 6.67. The smallest absolute Gasteiger partial charge is 0.359 e. The van der Waals surface area contributed by atoms with Crippen LogP contribution in [0.2, 0.25) is 0 Å². The van der Waals surface area contributed by atoms with Crippen molar-refractivity contribution in [2.24, 2.45) is 5.92 Å². The van der Waals surface area contributed by atoms with Crippen LogP contribution >= 0.6 is 11.8 Å². The molecule has 5 N–H and O–H groups in total. The van der Waals surface area contributed by atoms with Gasteiger partial charge in [0.05, 0.1) is 13.2 Å². The van der Waals surface area contributed by atoms with Crippen LogP contribution in [-0.4, -0.2) is 51.4 Å². The second-order valence-corrected chi connectivity index (χ2v) is 9.83. The fraction of sp³-hybridized carbons (Fsp3) is 0.375. The zero-order valence-corrected chi connectivity index (χ0v) is 20.6. The molecule has 2 aromatic heterocycles. The number of nitrogen functional groups attached to an aromatic ring is 1. The first-order chi connectivity index (χ1) is 17.4. The molecule has 2 aliphatic rings. The van der Waals surface area contributed by atoms with Gasteiger partial charge in [0.15, 0.2) is 22.5 Å². The normalized spacial score (nSPS) is 15.9. The Kier molecular flexibility index (Phi) is 7.05. The number of carbonyl (C=O) groups excluding carboxylic acids is 2. The average Bonchev–Trinajstić information content (AvgIpc) is 3.65. The number of aromatic amines is 1. The lowest BCUT2D eigenvalue weighted by Crippen LogP contribution is -2.27. The van der Waals surface area contributed by atoms with Gasteiger partial charge in [0.1, 0.15) is 11.8 Å². The number of ether oxygens (including phenoxy) is 2.